The number of carbonyl (C=O) groups is 1. The molecule has 0 amide bonds. The minimum absolute atomic E-state index is 0.0212. The van der Waals surface area contributed by atoms with E-state index in [0.717, 1.165) is 6.26 Å². The average Bonchev–Trinajstić information content (AvgIpc) is 2.28. The summed E-state index contributed by atoms with van der Waals surface area (Å²) in [6.45, 7) is 0.205. The van der Waals surface area contributed by atoms with Crippen LogP contribution in [-0.2, 0) is 14.6 Å². The van der Waals surface area contributed by atoms with E-state index in [1.54, 1.807) is 0 Å². The van der Waals surface area contributed by atoms with Crippen LogP contribution < -0.4 is 11.1 Å². The summed E-state index contributed by atoms with van der Waals surface area (Å²) in [4.78, 5) is 15.3. The molecule has 0 spiro atoms. The van der Waals surface area contributed by atoms with Crippen LogP contribution in [0.25, 0.3) is 0 Å². The molecule has 0 aromatic carbocycles. The molecule has 1 aromatic rings. The maximum Gasteiger partial charge on any atom is 0.340 e. The molecular formula is C10H15N3O4S. The van der Waals surface area contributed by atoms with Gasteiger partial charge in [0.25, 0.3) is 0 Å². The van der Waals surface area contributed by atoms with Gasteiger partial charge in [0.05, 0.1) is 30.3 Å². The molecule has 3 N–H and O–H groups in total. The lowest BCUT2D eigenvalue weighted by atomic mass is 10.2. The number of nitrogens with two attached hydrogens (primary N) is 1. The number of pyridine rings is 1. The predicted molar refractivity (Wildman–Crippen MR) is 68.2 cm³/mol. The SMILES string of the molecule is COC(=O)c1cc(NCCS(C)(=O)=O)ncc1N. The number of hydrogen-bond acceptors (Lipinski definition) is 7. The van der Waals surface area contributed by atoms with Crippen molar-refractivity contribution in [1.29, 1.82) is 0 Å². The zero-order valence-electron chi connectivity index (χ0n) is 10.1. The summed E-state index contributed by atoms with van der Waals surface area (Å²) in [5.74, 6) is -0.221. The van der Waals surface area contributed by atoms with Gasteiger partial charge in [-0.05, 0) is 6.07 Å². The van der Waals surface area contributed by atoms with E-state index in [-0.39, 0.29) is 23.5 Å². The van der Waals surface area contributed by atoms with Crippen molar-refractivity contribution in [2.24, 2.45) is 0 Å². The number of rotatable bonds is 5. The van der Waals surface area contributed by atoms with Crippen molar-refractivity contribution in [2.45, 2.75) is 0 Å². The Morgan fingerprint density at radius 2 is 2.22 bits per heavy atom. The Labute approximate surface area is 105 Å². The van der Waals surface area contributed by atoms with Crippen LogP contribution in [0.4, 0.5) is 11.5 Å². The highest BCUT2D eigenvalue weighted by atomic mass is 32.2. The van der Waals surface area contributed by atoms with Gasteiger partial charge in [-0.1, -0.05) is 0 Å². The third kappa shape index (κ3) is 4.21. The molecule has 1 heterocycles. The van der Waals surface area contributed by atoms with E-state index in [1.807, 2.05) is 0 Å². The van der Waals surface area contributed by atoms with Crippen molar-refractivity contribution >= 4 is 27.3 Å². The molecule has 0 saturated carbocycles. The number of aromatic nitrogens is 1. The number of ether oxygens (including phenoxy) is 1. The maximum absolute atomic E-state index is 11.4. The first-order chi connectivity index (χ1) is 8.33. The normalized spacial score (nSPS) is 11.0. The molecule has 7 nitrogen and oxygen atoms in total. The van der Waals surface area contributed by atoms with E-state index in [0.29, 0.717) is 5.82 Å². The molecule has 8 heteroatoms. The second-order valence-electron chi connectivity index (χ2n) is 3.71. The van der Waals surface area contributed by atoms with Gasteiger partial charge in [0.1, 0.15) is 15.7 Å². The van der Waals surface area contributed by atoms with Gasteiger partial charge >= 0.3 is 5.97 Å². The van der Waals surface area contributed by atoms with Crippen LogP contribution in [0.1, 0.15) is 10.4 Å². The lowest BCUT2D eigenvalue weighted by molar-refractivity contribution is 0.0602. The second-order valence-corrected chi connectivity index (χ2v) is 5.96. The van der Waals surface area contributed by atoms with Crippen molar-refractivity contribution in [1.82, 2.24) is 4.98 Å². The van der Waals surface area contributed by atoms with Crippen LogP contribution in [0.3, 0.4) is 0 Å². The largest absolute Gasteiger partial charge is 0.465 e. The molecule has 0 aliphatic rings. The number of nitrogens with zero attached hydrogens (tertiary/aromatic N) is 1. The number of anilines is 2. The average molecular weight is 273 g/mol. The van der Waals surface area contributed by atoms with Gasteiger partial charge in [0.15, 0.2) is 0 Å². The van der Waals surface area contributed by atoms with E-state index in [2.05, 4.69) is 15.0 Å². The molecule has 0 aliphatic carbocycles. The van der Waals surface area contributed by atoms with Crippen LogP contribution in [-0.4, -0.2) is 45.0 Å². The molecule has 0 bridgehead atoms. The minimum Gasteiger partial charge on any atom is -0.465 e. The summed E-state index contributed by atoms with van der Waals surface area (Å²) in [5, 5.41) is 2.79. The summed E-state index contributed by atoms with van der Waals surface area (Å²) in [6.07, 6.45) is 2.46. The van der Waals surface area contributed by atoms with E-state index in [9.17, 15) is 13.2 Å². The molecule has 0 saturated heterocycles. The Bertz CT molecular complexity index is 542. The van der Waals surface area contributed by atoms with Gasteiger partial charge < -0.3 is 15.8 Å². The number of esters is 1. The third-order valence-electron chi connectivity index (χ3n) is 2.12. The molecular weight excluding hydrogens is 258 g/mol. The van der Waals surface area contributed by atoms with E-state index < -0.39 is 15.8 Å². The van der Waals surface area contributed by atoms with Gasteiger partial charge in [0, 0.05) is 12.8 Å². The van der Waals surface area contributed by atoms with Crippen LogP contribution >= 0.6 is 0 Å². The van der Waals surface area contributed by atoms with Gasteiger partial charge in [-0.25, -0.2) is 18.2 Å². The number of hydrogen-bond donors (Lipinski definition) is 2. The quantitative estimate of drug-likeness (QED) is 0.721. The number of methoxy groups -OCH3 is 1. The summed E-state index contributed by atoms with van der Waals surface area (Å²) < 4.78 is 26.4. The Kier molecular flexibility index (Phi) is 4.49. The van der Waals surface area contributed by atoms with Gasteiger partial charge in [-0.15, -0.1) is 0 Å². The topological polar surface area (TPSA) is 111 Å². The fraction of sp³-hybridized carbons (Fsp3) is 0.400. The van der Waals surface area contributed by atoms with Gasteiger partial charge in [-0.3, -0.25) is 0 Å². The Hall–Kier alpha value is -1.83. The van der Waals surface area contributed by atoms with Crippen LogP contribution in [0.2, 0.25) is 0 Å². The highest BCUT2D eigenvalue weighted by Crippen LogP contribution is 2.15. The highest BCUT2D eigenvalue weighted by molar-refractivity contribution is 7.90. The highest BCUT2D eigenvalue weighted by Gasteiger charge is 2.11. The van der Waals surface area contributed by atoms with Crippen molar-refractivity contribution < 1.29 is 17.9 Å². The molecule has 1 rings (SSSR count). The number of nitrogen functional groups attached to an aromatic ring is 1. The lowest BCUT2D eigenvalue weighted by Gasteiger charge is -2.08. The molecule has 1 aromatic heterocycles. The first-order valence-electron chi connectivity index (χ1n) is 5.09. The van der Waals surface area contributed by atoms with E-state index in [4.69, 9.17) is 5.73 Å². The smallest absolute Gasteiger partial charge is 0.340 e. The van der Waals surface area contributed by atoms with Crippen molar-refractivity contribution in [2.75, 3.05) is 36.7 Å². The monoisotopic (exact) mass is 273 g/mol. The van der Waals surface area contributed by atoms with Crippen molar-refractivity contribution in [3.05, 3.63) is 17.8 Å². The van der Waals surface area contributed by atoms with Gasteiger partial charge in [0.2, 0.25) is 0 Å². The first kappa shape index (κ1) is 14.2. The summed E-state index contributed by atoms with van der Waals surface area (Å²) in [6, 6.07) is 1.42. The molecule has 0 radical (unpaired) electrons. The Balaban J connectivity index is 2.76. The fourth-order valence-electron chi connectivity index (χ4n) is 1.21. The zero-order valence-corrected chi connectivity index (χ0v) is 11.0. The predicted octanol–water partition coefficient (Wildman–Crippen LogP) is -0.0931. The second kappa shape index (κ2) is 5.67. The number of nitrogens with one attached hydrogen (secondary N) is 1. The standard InChI is InChI=1S/C10H15N3O4S/c1-17-10(14)7-5-9(13-6-8(7)11)12-3-4-18(2,15)16/h5-6H,3-4,11H2,1-2H3,(H,12,13). The minimum atomic E-state index is -3.04. The molecule has 0 unspecified atom stereocenters. The van der Waals surface area contributed by atoms with E-state index in [1.165, 1.54) is 19.4 Å². The fourth-order valence-corrected chi connectivity index (χ4v) is 1.69. The lowest BCUT2D eigenvalue weighted by Crippen LogP contribution is -2.15. The van der Waals surface area contributed by atoms with Crippen LogP contribution in [0, 0.1) is 0 Å². The summed E-state index contributed by atoms with van der Waals surface area (Å²) >= 11 is 0. The molecule has 100 valence electrons. The Morgan fingerprint density at radius 3 is 2.78 bits per heavy atom. The number of carbonyl (C=O) groups excluding carboxylic acids is 1. The van der Waals surface area contributed by atoms with Gasteiger partial charge in [-0.2, -0.15) is 0 Å². The van der Waals surface area contributed by atoms with Crippen LogP contribution in [0.5, 0.6) is 0 Å². The molecule has 0 fully saturated rings. The zero-order chi connectivity index (χ0) is 13.8. The van der Waals surface area contributed by atoms with Crippen LogP contribution in [0.15, 0.2) is 12.3 Å². The summed E-state index contributed by atoms with van der Waals surface area (Å²) in [7, 11) is -1.79. The van der Waals surface area contributed by atoms with Crippen molar-refractivity contribution in [3.8, 4) is 0 Å². The molecule has 0 atom stereocenters. The maximum atomic E-state index is 11.4. The Morgan fingerprint density at radius 1 is 1.56 bits per heavy atom. The first-order valence-corrected chi connectivity index (χ1v) is 7.15. The molecule has 18 heavy (non-hydrogen) atoms. The number of sulfone groups is 1. The summed E-state index contributed by atoms with van der Waals surface area (Å²) in [5.41, 5.74) is 5.97. The molecule has 0 aliphatic heterocycles. The van der Waals surface area contributed by atoms with Crippen molar-refractivity contribution in [3.63, 3.8) is 0 Å². The van der Waals surface area contributed by atoms with E-state index >= 15 is 0 Å². The third-order valence-corrected chi connectivity index (χ3v) is 3.06.